The summed E-state index contributed by atoms with van der Waals surface area (Å²) in [6, 6.07) is 11.6. The normalized spacial score (nSPS) is 16.0. The lowest BCUT2D eigenvalue weighted by atomic mass is 10.1. The quantitative estimate of drug-likeness (QED) is 0.855. The predicted octanol–water partition coefficient (Wildman–Crippen LogP) is 2.68. The molecule has 0 saturated carbocycles. The lowest BCUT2D eigenvalue weighted by Gasteiger charge is -2.29. The molecule has 0 aromatic heterocycles. The summed E-state index contributed by atoms with van der Waals surface area (Å²) in [5.74, 6) is 1.59. The van der Waals surface area contributed by atoms with Crippen molar-refractivity contribution in [1.82, 2.24) is 0 Å². The highest BCUT2D eigenvalue weighted by Crippen LogP contribution is 2.37. The predicted molar refractivity (Wildman–Crippen MR) is 88.7 cm³/mol. The minimum atomic E-state index is 0.0123. The molecule has 2 heterocycles. The molecule has 2 aromatic rings. The van der Waals surface area contributed by atoms with Crippen LogP contribution in [-0.2, 0) is 6.54 Å². The Morgan fingerprint density at radius 1 is 1.17 bits per heavy atom. The molecule has 0 spiro atoms. The van der Waals surface area contributed by atoms with Gasteiger partial charge in [0, 0.05) is 18.3 Å². The Morgan fingerprint density at radius 2 is 2.04 bits per heavy atom. The maximum atomic E-state index is 12.7. The molecule has 0 unspecified atom stereocenters. The van der Waals surface area contributed by atoms with E-state index in [4.69, 9.17) is 9.47 Å². The Labute approximate surface area is 135 Å². The minimum Gasteiger partial charge on any atom is -0.497 e. The van der Waals surface area contributed by atoms with E-state index in [9.17, 15) is 4.79 Å². The van der Waals surface area contributed by atoms with E-state index in [1.54, 1.807) is 12.0 Å². The van der Waals surface area contributed by atoms with E-state index < -0.39 is 0 Å². The number of methoxy groups -OCH3 is 1. The first-order chi connectivity index (χ1) is 11.2. The molecule has 0 bridgehead atoms. The number of ether oxygens (including phenoxy) is 2. The number of amides is 1. The molecule has 23 heavy (non-hydrogen) atoms. The van der Waals surface area contributed by atoms with Gasteiger partial charge in [0.1, 0.15) is 18.1 Å². The van der Waals surface area contributed by atoms with E-state index in [-0.39, 0.29) is 5.91 Å². The van der Waals surface area contributed by atoms with E-state index in [1.807, 2.05) is 43.4 Å². The number of anilines is 2. The number of likely N-dealkylation sites (N-methyl/N-ethyl adjacent to an activating group) is 1. The molecule has 5 nitrogen and oxygen atoms in total. The van der Waals surface area contributed by atoms with Gasteiger partial charge in [0.05, 0.1) is 25.9 Å². The van der Waals surface area contributed by atoms with Crippen LogP contribution in [0, 0.1) is 0 Å². The Morgan fingerprint density at radius 3 is 2.87 bits per heavy atom. The largest absolute Gasteiger partial charge is 0.497 e. The molecule has 0 N–H and O–H groups in total. The molecule has 0 fully saturated rings. The van der Waals surface area contributed by atoms with Gasteiger partial charge in [-0.15, -0.1) is 0 Å². The highest BCUT2D eigenvalue weighted by molar-refractivity contribution is 6.10. The number of benzene rings is 2. The third-order valence-corrected chi connectivity index (χ3v) is 4.47. The monoisotopic (exact) mass is 310 g/mol. The van der Waals surface area contributed by atoms with Crippen LogP contribution in [-0.4, -0.2) is 33.2 Å². The topological polar surface area (TPSA) is 42.0 Å². The maximum absolute atomic E-state index is 12.7. The van der Waals surface area contributed by atoms with Crippen LogP contribution in [0.2, 0.25) is 0 Å². The average molecular weight is 310 g/mol. The summed E-state index contributed by atoms with van der Waals surface area (Å²) in [6.45, 7) is 2.13. The van der Waals surface area contributed by atoms with Crippen LogP contribution in [0.3, 0.4) is 0 Å². The second kappa shape index (κ2) is 5.19. The summed E-state index contributed by atoms with van der Waals surface area (Å²) in [4.78, 5) is 16.7. The number of rotatable bonds is 2. The Bertz CT molecular complexity index is 788. The van der Waals surface area contributed by atoms with Crippen LogP contribution in [0.5, 0.6) is 11.5 Å². The molecule has 2 aliphatic rings. The molecule has 2 aliphatic heterocycles. The summed E-state index contributed by atoms with van der Waals surface area (Å²) >= 11 is 0. The van der Waals surface area contributed by atoms with Gasteiger partial charge in [0.2, 0.25) is 0 Å². The molecule has 118 valence electrons. The second-order valence-corrected chi connectivity index (χ2v) is 5.84. The summed E-state index contributed by atoms with van der Waals surface area (Å²) in [6.07, 6.45) is 0. The molecule has 5 heteroatoms. The van der Waals surface area contributed by atoms with Crippen LogP contribution in [0.4, 0.5) is 11.4 Å². The fraction of sp³-hybridized carbons (Fsp3) is 0.278. The minimum absolute atomic E-state index is 0.0123. The van der Waals surface area contributed by atoms with Crippen molar-refractivity contribution in [3.8, 4) is 11.5 Å². The van der Waals surface area contributed by atoms with Crippen LogP contribution < -0.4 is 19.3 Å². The maximum Gasteiger partial charge on any atom is 0.259 e. The zero-order chi connectivity index (χ0) is 16.0. The molecule has 4 rings (SSSR count). The van der Waals surface area contributed by atoms with Crippen molar-refractivity contribution in [1.29, 1.82) is 0 Å². The SMILES string of the molecule is COc1ccc2c(c1)C(=O)N(c1ccc3c(c1)N(C)CCO3)C2. The van der Waals surface area contributed by atoms with Gasteiger partial charge in [-0.3, -0.25) is 4.79 Å². The summed E-state index contributed by atoms with van der Waals surface area (Å²) in [5, 5.41) is 0. The molecular weight excluding hydrogens is 292 g/mol. The van der Waals surface area contributed by atoms with Gasteiger partial charge in [-0.1, -0.05) is 6.07 Å². The number of carbonyl (C=O) groups is 1. The third kappa shape index (κ3) is 2.20. The van der Waals surface area contributed by atoms with E-state index >= 15 is 0 Å². The van der Waals surface area contributed by atoms with E-state index in [0.29, 0.717) is 24.5 Å². The number of nitrogens with zero attached hydrogens (tertiary/aromatic N) is 2. The molecule has 0 atom stereocenters. The smallest absolute Gasteiger partial charge is 0.259 e. The van der Waals surface area contributed by atoms with E-state index in [2.05, 4.69) is 4.90 Å². The van der Waals surface area contributed by atoms with Gasteiger partial charge in [-0.05, 0) is 35.9 Å². The summed E-state index contributed by atoms with van der Waals surface area (Å²) in [7, 11) is 3.65. The van der Waals surface area contributed by atoms with Crippen LogP contribution in [0.1, 0.15) is 15.9 Å². The van der Waals surface area contributed by atoms with Crippen LogP contribution in [0.25, 0.3) is 0 Å². The van der Waals surface area contributed by atoms with Gasteiger partial charge in [-0.2, -0.15) is 0 Å². The Balaban J connectivity index is 1.70. The van der Waals surface area contributed by atoms with E-state index in [1.165, 1.54) is 0 Å². The summed E-state index contributed by atoms with van der Waals surface area (Å²) in [5.41, 5.74) is 3.65. The van der Waals surface area contributed by atoms with Crippen LogP contribution >= 0.6 is 0 Å². The molecule has 0 saturated heterocycles. The lowest BCUT2D eigenvalue weighted by Crippen LogP contribution is -2.29. The van der Waals surface area contributed by atoms with Gasteiger partial charge < -0.3 is 19.3 Å². The van der Waals surface area contributed by atoms with Gasteiger partial charge in [-0.25, -0.2) is 0 Å². The highest BCUT2D eigenvalue weighted by atomic mass is 16.5. The van der Waals surface area contributed by atoms with Gasteiger partial charge >= 0.3 is 0 Å². The molecular formula is C18H18N2O3. The fourth-order valence-electron chi connectivity index (χ4n) is 3.12. The fourth-order valence-corrected chi connectivity index (χ4v) is 3.12. The van der Waals surface area contributed by atoms with Crippen LogP contribution in [0.15, 0.2) is 36.4 Å². The van der Waals surface area contributed by atoms with Crippen molar-refractivity contribution in [3.63, 3.8) is 0 Å². The van der Waals surface area contributed by atoms with Gasteiger partial charge in [0.25, 0.3) is 5.91 Å². The Hall–Kier alpha value is -2.69. The van der Waals surface area contributed by atoms with Crippen molar-refractivity contribution < 1.29 is 14.3 Å². The molecule has 0 aliphatic carbocycles. The molecule has 0 radical (unpaired) electrons. The standard InChI is InChI=1S/C18H18N2O3/c1-19-7-8-23-17-6-4-13(9-16(17)19)20-11-12-3-5-14(22-2)10-15(12)18(20)21/h3-6,9-10H,7-8,11H2,1-2H3. The summed E-state index contributed by atoms with van der Waals surface area (Å²) < 4.78 is 10.9. The zero-order valence-electron chi connectivity index (χ0n) is 13.2. The number of hydrogen-bond donors (Lipinski definition) is 0. The van der Waals surface area contributed by atoms with E-state index in [0.717, 1.165) is 29.2 Å². The zero-order valence-corrected chi connectivity index (χ0v) is 13.2. The van der Waals surface area contributed by atoms with Gasteiger partial charge in [0.15, 0.2) is 0 Å². The lowest BCUT2D eigenvalue weighted by molar-refractivity contribution is 0.0996. The highest BCUT2D eigenvalue weighted by Gasteiger charge is 2.30. The number of hydrogen-bond acceptors (Lipinski definition) is 4. The van der Waals surface area contributed by atoms with Crippen molar-refractivity contribution in [2.75, 3.05) is 37.1 Å². The third-order valence-electron chi connectivity index (χ3n) is 4.47. The Kier molecular flexibility index (Phi) is 3.15. The first-order valence-corrected chi connectivity index (χ1v) is 7.64. The van der Waals surface area contributed by atoms with Crippen molar-refractivity contribution in [2.45, 2.75) is 6.54 Å². The molecule has 2 aromatic carbocycles. The van der Waals surface area contributed by atoms with Crippen molar-refractivity contribution >= 4 is 17.3 Å². The number of carbonyl (C=O) groups excluding carboxylic acids is 1. The van der Waals surface area contributed by atoms with Crippen molar-refractivity contribution in [3.05, 3.63) is 47.5 Å². The number of fused-ring (bicyclic) bond motifs is 2. The first-order valence-electron chi connectivity index (χ1n) is 7.64. The first kappa shape index (κ1) is 13.9. The van der Waals surface area contributed by atoms with Crippen molar-refractivity contribution in [2.24, 2.45) is 0 Å². The molecule has 1 amide bonds. The average Bonchev–Trinajstić information content (AvgIpc) is 2.91. The second-order valence-electron chi connectivity index (χ2n) is 5.84.